The molecule has 3 N–H and O–H groups in total. The first-order valence-corrected chi connectivity index (χ1v) is 9.11. The topological polar surface area (TPSA) is 107 Å². The molecule has 4 rings (SSSR count). The smallest absolute Gasteiger partial charge is 0.254 e. The van der Waals surface area contributed by atoms with Gasteiger partial charge in [-0.15, -0.1) is 0 Å². The van der Waals surface area contributed by atoms with Gasteiger partial charge in [-0.3, -0.25) is 14.5 Å². The van der Waals surface area contributed by atoms with Gasteiger partial charge in [0, 0.05) is 19.3 Å². The van der Waals surface area contributed by atoms with Crippen LogP contribution >= 0.6 is 0 Å². The van der Waals surface area contributed by atoms with Gasteiger partial charge in [0.15, 0.2) is 0 Å². The van der Waals surface area contributed by atoms with E-state index in [-0.39, 0.29) is 29.5 Å². The second kappa shape index (κ2) is 6.53. The molecule has 2 saturated carbocycles. The van der Waals surface area contributed by atoms with E-state index in [0.717, 1.165) is 25.7 Å². The van der Waals surface area contributed by atoms with E-state index in [2.05, 4.69) is 16.9 Å². The SMILES string of the molecule is C=C1N[C@@H](COC)C(=O)N1C1CC2(CC(Oc3ncccc3C(N)=O)C2)C1. The molecule has 2 amide bonds. The normalized spacial score (nSPS) is 32.0. The lowest BCUT2D eigenvalue weighted by Crippen LogP contribution is -2.59. The number of amides is 2. The zero-order chi connectivity index (χ0) is 19.2. The molecular formula is C19H24N4O4. The van der Waals surface area contributed by atoms with Crippen molar-refractivity contribution in [3.8, 4) is 5.88 Å². The van der Waals surface area contributed by atoms with Gasteiger partial charge < -0.3 is 20.5 Å². The predicted octanol–water partition coefficient (Wildman–Crippen LogP) is 0.788. The Morgan fingerprint density at radius 3 is 2.85 bits per heavy atom. The summed E-state index contributed by atoms with van der Waals surface area (Å²) >= 11 is 0. The van der Waals surface area contributed by atoms with Crippen LogP contribution in [0.25, 0.3) is 0 Å². The number of ether oxygens (including phenoxy) is 2. The van der Waals surface area contributed by atoms with Crippen molar-refractivity contribution in [2.45, 2.75) is 43.9 Å². The summed E-state index contributed by atoms with van der Waals surface area (Å²) in [5, 5.41) is 3.11. The zero-order valence-electron chi connectivity index (χ0n) is 15.3. The molecule has 1 aromatic heterocycles. The van der Waals surface area contributed by atoms with Gasteiger partial charge in [0.1, 0.15) is 23.5 Å². The standard InChI is InChI=1S/C19H24N4O4/c1-11-22-15(10-26-2)18(25)23(11)12-6-19(7-12)8-13(9-19)27-17-14(16(20)24)4-3-5-21-17/h3-5,12-13,15,22H,1,6-10H2,2H3,(H2,20,24)/t12?,13?,15-,19?/m0/s1. The monoisotopic (exact) mass is 372 g/mol. The average Bonchev–Trinajstić information content (AvgIpc) is 2.83. The Morgan fingerprint density at radius 1 is 1.44 bits per heavy atom. The summed E-state index contributed by atoms with van der Waals surface area (Å²) in [6.07, 6.45) is 5.26. The van der Waals surface area contributed by atoms with Crippen molar-refractivity contribution in [3.63, 3.8) is 0 Å². The number of hydrogen-bond donors (Lipinski definition) is 2. The van der Waals surface area contributed by atoms with Crippen molar-refractivity contribution >= 4 is 11.8 Å². The van der Waals surface area contributed by atoms with E-state index in [4.69, 9.17) is 15.2 Å². The minimum Gasteiger partial charge on any atom is -0.474 e. The first kappa shape index (κ1) is 17.8. The van der Waals surface area contributed by atoms with Crippen molar-refractivity contribution < 1.29 is 19.1 Å². The maximum atomic E-state index is 12.5. The van der Waals surface area contributed by atoms with Crippen molar-refractivity contribution in [1.82, 2.24) is 15.2 Å². The molecule has 2 aliphatic carbocycles. The molecule has 1 atom stereocenters. The highest BCUT2D eigenvalue weighted by Gasteiger charge is 2.57. The molecule has 8 heteroatoms. The molecule has 0 aromatic carbocycles. The lowest BCUT2D eigenvalue weighted by atomic mass is 9.52. The van der Waals surface area contributed by atoms with E-state index >= 15 is 0 Å². The van der Waals surface area contributed by atoms with Gasteiger partial charge >= 0.3 is 0 Å². The van der Waals surface area contributed by atoms with Crippen molar-refractivity contribution in [1.29, 1.82) is 0 Å². The summed E-state index contributed by atoms with van der Waals surface area (Å²) in [5.74, 6) is 0.456. The number of primary amides is 1. The van der Waals surface area contributed by atoms with Crippen molar-refractivity contribution in [2.75, 3.05) is 13.7 Å². The van der Waals surface area contributed by atoms with E-state index in [0.29, 0.717) is 23.9 Å². The maximum absolute atomic E-state index is 12.5. The highest BCUT2D eigenvalue weighted by Crippen LogP contribution is 2.58. The van der Waals surface area contributed by atoms with Crippen molar-refractivity contribution in [2.24, 2.45) is 11.1 Å². The van der Waals surface area contributed by atoms with Gasteiger partial charge in [0.05, 0.1) is 6.61 Å². The van der Waals surface area contributed by atoms with Crippen LogP contribution in [0.3, 0.4) is 0 Å². The number of hydrogen-bond acceptors (Lipinski definition) is 6. The fourth-order valence-corrected chi connectivity index (χ4v) is 4.59. The van der Waals surface area contributed by atoms with E-state index in [9.17, 15) is 9.59 Å². The van der Waals surface area contributed by atoms with Crippen LogP contribution in [0.15, 0.2) is 30.7 Å². The number of rotatable bonds is 6. The van der Waals surface area contributed by atoms with E-state index in [1.807, 2.05) is 0 Å². The highest BCUT2D eigenvalue weighted by atomic mass is 16.5. The number of nitrogens with zero attached hydrogens (tertiary/aromatic N) is 2. The molecule has 0 radical (unpaired) electrons. The van der Waals surface area contributed by atoms with Crippen LogP contribution in [0.4, 0.5) is 0 Å². The summed E-state index contributed by atoms with van der Waals surface area (Å²) in [6.45, 7) is 4.31. The molecule has 0 unspecified atom stereocenters. The Hall–Kier alpha value is -2.61. The average molecular weight is 372 g/mol. The van der Waals surface area contributed by atoms with Gasteiger partial charge in [-0.05, 0) is 43.2 Å². The largest absolute Gasteiger partial charge is 0.474 e. The number of nitrogens with one attached hydrogen (secondary N) is 1. The third-order valence-corrected chi connectivity index (χ3v) is 5.84. The fourth-order valence-electron chi connectivity index (χ4n) is 4.59. The molecule has 1 aliphatic heterocycles. The molecule has 1 saturated heterocycles. The van der Waals surface area contributed by atoms with Crippen LogP contribution in [0, 0.1) is 5.41 Å². The highest BCUT2D eigenvalue weighted by molar-refractivity contribution is 5.94. The second-order valence-corrected chi connectivity index (χ2v) is 7.74. The van der Waals surface area contributed by atoms with E-state index in [1.165, 1.54) is 0 Å². The number of carbonyl (C=O) groups excluding carboxylic acids is 2. The van der Waals surface area contributed by atoms with Crippen LogP contribution in [0.2, 0.25) is 0 Å². The van der Waals surface area contributed by atoms with Gasteiger partial charge in [0.25, 0.3) is 11.8 Å². The van der Waals surface area contributed by atoms with E-state index < -0.39 is 5.91 Å². The summed E-state index contributed by atoms with van der Waals surface area (Å²) < 4.78 is 11.0. The van der Waals surface area contributed by atoms with Crippen LogP contribution in [0.1, 0.15) is 36.0 Å². The minimum absolute atomic E-state index is 0.0239. The lowest BCUT2D eigenvalue weighted by molar-refractivity contribution is -0.143. The van der Waals surface area contributed by atoms with Crippen LogP contribution < -0.4 is 15.8 Å². The summed E-state index contributed by atoms with van der Waals surface area (Å²) in [7, 11) is 1.58. The number of carbonyl (C=O) groups is 2. The summed E-state index contributed by atoms with van der Waals surface area (Å²) in [6, 6.07) is 3.12. The summed E-state index contributed by atoms with van der Waals surface area (Å²) in [5.41, 5.74) is 5.88. The molecule has 8 nitrogen and oxygen atoms in total. The lowest BCUT2D eigenvalue weighted by Gasteiger charge is -2.58. The number of pyridine rings is 1. The Bertz CT molecular complexity index is 782. The number of methoxy groups -OCH3 is 1. The molecule has 3 aliphatic rings. The van der Waals surface area contributed by atoms with Crippen molar-refractivity contribution in [3.05, 3.63) is 36.3 Å². The third kappa shape index (κ3) is 3.03. The molecule has 1 aromatic rings. The zero-order valence-corrected chi connectivity index (χ0v) is 15.3. The van der Waals surface area contributed by atoms with Crippen LogP contribution in [-0.4, -0.2) is 53.6 Å². The fraction of sp³-hybridized carbons (Fsp3) is 0.526. The molecule has 27 heavy (non-hydrogen) atoms. The van der Waals surface area contributed by atoms with Gasteiger partial charge in [-0.2, -0.15) is 0 Å². The Balaban J connectivity index is 1.31. The minimum atomic E-state index is -0.542. The van der Waals surface area contributed by atoms with Crippen LogP contribution in [-0.2, 0) is 9.53 Å². The van der Waals surface area contributed by atoms with E-state index in [1.54, 1.807) is 30.3 Å². The van der Waals surface area contributed by atoms with Gasteiger partial charge in [-0.25, -0.2) is 4.98 Å². The predicted molar refractivity (Wildman–Crippen MR) is 96.6 cm³/mol. The first-order valence-electron chi connectivity index (χ1n) is 9.11. The number of nitrogens with two attached hydrogens (primary N) is 1. The quantitative estimate of drug-likeness (QED) is 0.765. The first-order chi connectivity index (χ1) is 12.9. The van der Waals surface area contributed by atoms with Crippen LogP contribution in [0.5, 0.6) is 5.88 Å². The molecule has 0 bridgehead atoms. The van der Waals surface area contributed by atoms with Gasteiger partial charge in [0.2, 0.25) is 5.88 Å². The molecule has 2 heterocycles. The molecular weight excluding hydrogens is 348 g/mol. The Morgan fingerprint density at radius 2 is 2.19 bits per heavy atom. The second-order valence-electron chi connectivity index (χ2n) is 7.74. The maximum Gasteiger partial charge on any atom is 0.254 e. The van der Waals surface area contributed by atoms with Gasteiger partial charge in [-0.1, -0.05) is 6.58 Å². The molecule has 144 valence electrons. The third-order valence-electron chi connectivity index (χ3n) is 5.84. The molecule has 3 fully saturated rings. The Labute approximate surface area is 157 Å². The summed E-state index contributed by atoms with van der Waals surface area (Å²) in [4.78, 5) is 29.9. The molecule has 1 spiro atoms. The number of aromatic nitrogens is 1. The Kier molecular flexibility index (Phi) is 4.30.